The van der Waals surface area contributed by atoms with Crippen LogP contribution in [0.15, 0.2) is 51.5 Å². The summed E-state index contributed by atoms with van der Waals surface area (Å²) in [6.45, 7) is 4.53. The Labute approximate surface area is 165 Å². The van der Waals surface area contributed by atoms with Gasteiger partial charge in [0.1, 0.15) is 5.75 Å². The molecular formula is C20H22Br2N2O. The van der Waals surface area contributed by atoms with Crippen LogP contribution in [0.5, 0.6) is 5.75 Å². The molecule has 0 aliphatic carbocycles. The lowest BCUT2D eigenvalue weighted by molar-refractivity contribution is 0.311. The molecule has 0 bridgehead atoms. The number of rotatable bonds is 8. The summed E-state index contributed by atoms with van der Waals surface area (Å²) in [6, 6.07) is 12.6. The van der Waals surface area contributed by atoms with Crippen LogP contribution in [0.3, 0.4) is 0 Å². The second kappa shape index (κ2) is 8.88. The van der Waals surface area contributed by atoms with Crippen LogP contribution in [0.2, 0.25) is 0 Å². The Balaban J connectivity index is 1.62. The molecule has 3 nitrogen and oxygen atoms in total. The molecular weight excluding hydrogens is 444 g/mol. The second-order valence-electron chi connectivity index (χ2n) is 6.01. The normalized spacial score (nSPS) is 11.2. The van der Waals surface area contributed by atoms with Crippen molar-refractivity contribution >= 4 is 42.8 Å². The Morgan fingerprint density at radius 2 is 1.96 bits per heavy atom. The zero-order valence-corrected chi connectivity index (χ0v) is 17.4. The topological polar surface area (TPSA) is 37.0 Å². The molecule has 2 N–H and O–H groups in total. The largest absolute Gasteiger partial charge is 0.492 e. The first-order valence-electron chi connectivity index (χ1n) is 8.55. The molecule has 0 unspecified atom stereocenters. The fourth-order valence-corrected chi connectivity index (χ4v) is 4.32. The summed E-state index contributed by atoms with van der Waals surface area (Å²) >= 11 is 7.17. The van der Waals surface area contributed by atoms with Gasteiger partial charge in [-0.15, -0.1) is 0 Å². The molecule has 0 fully saturated rings. The maximum absolute atomic E-state index is 5.92. The molecule has 0 amide bonds. The van der Waals surface area contributed by atoms with E-state index in [-0.39, 0.29) is 0 Å². The molecule has 2 aromatic carbocycles. The van der Waals surface area contributed by atoms with Gasteiger partial charge in [0.05, 0.1) is 11.1 Å². The SMILES string of the molecule is CCCOc1c(Br)cc(Br)cc1CNCCc1c[nH]c2ccccc12. The molecule has 25 heavy (non-hydrogen) atoms. The van der Waals surface area contributed by atoms with Crippen LogP contribution >= 0.6 is 31.9 Å². The molecule has 3 aromatic rings. The highest BCUT2D eigenvalue weighted by molar-refractivity contribution is 9.11. The third kappa shape index (κ3) is 4.66. The van der Waals surface area contributed by atoms with Crippen molar-refractivity contribution in [3.05, 3.63) is 62.7 Å². The number of hydrogen-bond donors (Lipinski definition) is 2. The van der Waals surface area contributed by atoms with Crippen LogP contribution in [0.4, 0.5) is 0 Å². The molecule has 1 aromatic heterocycles. The Hall–Kier alpha value is -1.30. The van der Waals surface area contributed by atoms with Gasteiger partial charge < -0.3 is 15.0 Å². The predicted octanol–water partition coefficient (Wildman–Crippen LogP) is 5.81. The van der Waals surface area contributed by atoms with Gasteiger partial charge in [-0.2, -0.15) is 0 Å². The van der Waals surface area contributed by atoms with E-state index in [0.29, 0.717) is 0 Å². The quantitative estimate of drug-likeness (QED) is 0.411. The monoisotopic (exact) mass is 464 g/mol. The maximum Gasteiger partial charge on any atom is 0.138 e. The van der Waals surface area contributed by atoms with Crippen LogP contribution in [-0.2, 0) is 13.0 Å². The summed E-state index contributed by atoms with van der Waals surface area (Å²) in [5, 5.41) is 4.85. The van der Waals surface area contributed by atoms with E-state index in [1.165, 1.54) is 16.5 Å². The van der Waals surface area contributed by atoms with E-state index in [9.17, 15) is 0 Å². The second-order valence-corrected chi connectivity index (χ2v) is 7.78. The lowest BCUT2D eigenvalue weighted by Crippen LogP contribution is -2.17. The highest BCUT2D eigenvalue weighted by Crippen LogP contribution is 2.33. The third-order valence-corrected chi connectivity index (χ3v) is 5.14. The summed E-state index contributed by atoms with van der Waals surface area (Å²) in [4.78, 5) is 3.33. The molecule has 0 aliphatic heterocycles. The first-order valence-corrected chi connectivity index (χ1v) is 10.1. The Morgan fingerprint density at radius 3 is 2.80 bits per heavy atom. The van der Waals surface area contributed by atoms with Crippen LogP contribution < -0.4 is 10.1 Å². The van der Waals surface area contributed by atoms with Crippen LogP contribution in [0.1, 0.15) is 24.5 Å². The molecule has 0 atom stereocenters. The van der Waals surface area contributed by atoms with Gasteiger partial charge in [0.15, 0.2) is 0 Å². The van der Waals surface area contributed by atoms with E-state index >= 15 is 0 Å². The van der Waals surface area contributed by atoms with Crippen molar-refractivity contribution in [3.8, 4) is 5.75 Å². The number of hydrogen-bond acceptors (Lipinski definition) is 2. The zero-order valence-electron chi connectivity index (χ0n) is 14.2. The first kappa shape index (κ1) is 18.5. The minimum Gasteiger partial charge on any atom is -0.492 e. The van der Waals surface area contributed by atoms with Crippen LogP contribution in [0, 0.1) is 0 Å². The van der Waals surface area contributed by atoms with Gasteiger partial charge in [-0.25, -0.2) is 0 Å². The molecule has 0 spiro atoms. The third-order valence-electron chi connectivity index (χ3n) is 4.10. The fraction of sp³-hybridized carbons (Fsp3) is 0.300. The number of H-pyrrole nitrogens is 1. The van der Waals surface area contributed by atoms with Gasteiger partial charge >= 0.3 is 0 Å². The van der Waals surface area contributed by atoms with E-state index in [0.717, 1.165) is 52.8 Å². The van der Waals surface area contributed by atoms with E-state index in [1.807, 2.05) is 6.07 Å². The number of benzene rings is 2. The van der Waals surface area contributed by atoms with Crippen LogP contribution in [-0.4, -0.2) is 18.1 Å². The van der Waals surface area contributed by atoms with Crippen molar-refractivity contribution in [2.24, 2.45) is 0 Å². The van der Waals surface area contributed by atoms with E-state index in [4.69, 9.17) is 4.74 Å². The van der Waals surface area contributed by atoms with Crippen LogP contribution in [0.25, 0.3) is 10.9 Å². The molecule has 0 saturated heterocycles. The summed E-state index contributed by atoms with van der Waals surface area (Å²) < 4.78 is 7.96. The molecule has 3 rings (SSSR count). The Kier molecular flexibility index (Phi) is 6.57. The number of para-hydroxylation sites is 1. The number of aromatic amines is 1. The average Bonchev–Trinajstić information content (AvgIpc) is 3.01. The first-order chi connectivity index (χ1) is 12.2. The van der Waals surface area contributed by atoms with E-state index < -0.39 is 0 Å². The summed E-state index contributed by atoms with van der Waals surface area (Å²) in [6.07, 6.45) is 4.10. The molecule has 5 heteroatoms. The zero-order chi connectivity index (χ0) is 17.6. The number of aromatic nitrogens is 1. The predicted molar refractivity (Wildman–Crippen MR) is 111 cm³/mol. The lowest BCUT2D eigenvalue weighted by Gasteiger charge is -2.14. The van der Waals surface area contributed by atoms with E-state index in [2.05, 4.69) is 85.6 Å². The molecule has 0 saturated carbocycles. The van der Waals surface area contributed by atoms with Crippen molar-refractivity contribution in [3.63, 3.8) is 0 Å². The Bertz CT molecular complexity index is 845. The number of nitrogens with one attached hydrogen (secondary N) is 2. The van der Waals surface area contributed by atoms with Gasteiger partial charge in [0.25, 0.3) is 0 Å². The van der Waals surface area contributed by atoms with Gasteiger partial charge in [0.2, 0.25) is 0 Å². The number of ether oxygens (including phenoxy) is 1. The van der Waals surface area contributed by atoms with Gasteiger partial charge in [-0.05, 0) is 59.1 Å². The summed E-state index contributed by atoms with van der Waals surface area (Å²) in [7, 11) is 0. The Morgan fingerprint density at radius 1 is 1.12 bits per heavy atom. The van der Waals surface area contributed by atoms with E-state index in [1.54, 1.807) is 0 Å². The van der Waals surface area contributed by atoms with Crippen molar-refractivity contribution in [1.29, 1.82) is 0 Å². The summed E-state index contributed by atoms with van der Waals surface area (Å²) in [5.74, 6) is 0.935. The molecule has 132 valence electrons. The number of fused-ring (bicyclic) bond motifs is 1. The molecule has 1 heterocycles. The standard InChI is InChI=1S/C20H22Br2N2O/c1-2-9-25-20-15(10-16(21)11-18(20)22)12-23-8-7-14-13-24-19-6-4-3-5-17(14)19/h3-6,10-11,13,23-24H,2,7-9,12H2,1H3. The van der Waals surface area contributed by atoms with Gasteiger partial charge in [-0.3, -0.25) is 0 Å². The fourth-order valence-electron chi connectivity index (χ4n) is 2.90. The molecule has 0 aliphatic rings. The highest BCUT2D eigenvalue weighted by atomic mass is 79.9. The van der Waals surface area contributed by atoms with Gasteiger partial charge in [0, 0.05) is 33.7 Å². The molecule has 0 radical (unpaired) electrons. The maximum atomic E-state index is 5.92. The number of halogens is 2. The highest BCUT2D eigenvalue weighted by Gasteiger charge is 2.10. The van der Waals surface area contributed by atoms with Crippen molar-refractivity contribution in [1.82, 2.24) is 10.3 Å². The minimum atomic E-state index is 0.725. The lowest BCUT2D eigenvalue weighted by atomic mass is 10.1. The summed E-state index contributed by atoms with van der Waals surface area (Å²) in [5.41, 5.74) is 3.71. The van der Waals surface area contributed by atoms with Gasteiger partial charge in [-0.1, -0.05) is 41.1 Å². The van der Waals surface area contributed by atoms with Crippen molar-refractivity contribution in [2.75, 3.05) is 13.2 Å². The average molecular weight is 466 g/mol. The minimum absolute atomic E-state index is 0.725. The van der Waals surface area contributed by atoms with Crippen molar-refractivity contribution in [2.45, 2.75) is 26.3 Å². The van der Waals surface area contributed by atoms with Crippen molar-refractivity contribution < 1.29 is 4.74 Å². The smallest absolute Gasteiger partial charge is 0.138 e.